The number of hydrogen-bond acceptors (Lipinski definition) is 3. The van der Waals surface area contributed by atoms with Crippen LogP contribution in [-0.2, 0) is 26.6 Å². The highest BCUT2D eigenvalue weighted by atomic mass is 15.3. The summed E-state index contributed by atoms with van der Waals surface area (Å²) in [5.74, 6) is 2.52. The lowest BCUT2D eigenvalue weighted by Crippen LogP contribution is -2.39. The van der Waals surface area contributed by atoms with Crippen LogP contribution in [0.2, 0.25) is 0 Å². The topological polar surface area (TPSA) is 67.1 Å². The predicted molar refractivity (Wildman–Crippen MR) is 118 cm³/mol. The standard InChI is InChI=1S/C23H30N6/c1-5-19-11-9-10-14-21(19)15-24-23(25-16-22-28-27-18(3)29(22)4)26-17(2)20-12-7-6-8-13-20/h6-14,17H,5,15-16H2,1-4H3,(H2,24,25,26). The van der Waals surface area contributed by atoms with Crippen molar-refractivity contribution in [2.75, 3.05) is 0 Å². The smallest absolute Gasteiger partial charge is 0.192 e. The summed E-state index contributed by atoms with van der Waals surface area (Å²) < 4.78 is 1.98. The van der Waals surface area contributed by atoms with Crippen LogP contribution in [0.3, 0.4) is 0 Å². The normalized spacial score (nSPS) is 12.6. The van der Waals surface area contributed by atoms with Crippen LogP contribution in [-0.4, -0.2) is 20.7 Å². The van der Waals surface area contributed by atoms with Gasteiger partial charge >= 0.3 is 0 Å². The summed E-state index contributed by atoms with van der Waals surface area (Å²) in [5.41, 5.74) is 3.79. The van der Waals surface area contributed by atoms with Gasteiger partial charge in [0.1, 0.15) is 5.82 Å². The largest absolute Gasteiger partial charge is 0.350 e. The molecule has 6 heteroatoms. The monoisotopic (exact) mass is 390 g/mol. The van der Waals surface area contributed by atoms with Crippen LogP contribution in [0.4, 0.5) is 0 Å². The Morgan fingerprint density at radius 2 is 1.72 bits per heavy atom. The number of nitrogens with one attached hydrogen (secondary N) is 2. The lowest BCUT2D eigenvalue weighted by Gasteiger charge is -2.19. The molecule has 2 aromatic carbocycles. The van der Waals surface area contributed by atoms with Crippen LogP contribution in [0.1, 0.15) is 48.2 Å². The summed E-state index contributed by atoms with van der Waals surface area (Å²) in [5, 5.41) is 15.3. The Labute approximate surface area is 173 Å². The maximum absolute atomic E-state index is 4.86. The first-order chi connectivity index (χ1) is 14.1. The summed E-state index contributed by atoms with van der Waals surface area (Å²) in [7, 11) is 1.97. The van der Waals surface area contributed by atoms with Crippen LogP contribution in [0.25, 0.3) is 0 Å². The van der Waals surface area contributed by atoms with Gasteiger partial charge in [-0.3, -0.25) is 0 Å². The molecule has 0 radical (unpaired) electrons. The van der Waals surface area contributed by atoms with Crippen molar-refractivity contribution in [1.29, 1.82) is 0 Å². The number of hydrogen-bond donors (Lipinski definition) is 2. The van der Waals surface area contributed by atoms with E-state index in [1.807, 2.05) is 24.6 Å². The van der Waals surface area contributed by atoms with E-state index in [2.05, 4.69) is 83.2 Å². The molecule has 152 valence electrons. The maximum atomic E-state index is 4.86. The molecule has 0 fully saturated rings. The zero-order chi connectivity index (χ0) is 20.6. The first-order valence-corrected chi connectivity index (χ1v) is 10.1. The molecule has 0 spiro atoms. The van der Waals surface area contributed by atoms with Crippen molar-refractivity contribution in [2.24, 2.45) is 12.0 Å². The molecule has 0 amide bonds. The Bertz CT molecular complexity index is 945. The molecule has 1 atom stereocenters. The van der Waals surface area contributed by atoms with E-state index in [9.17, 15) is 0 Å². The van der Waals surface area contributed by atoms with Gasteiger partial charge in [-0.1, -0.05) is 61.5 Å². The fraction of sp³-hybridized carbons (Fsp3) is 0.348. The summed E-state index contributed by atoms with van der Waals surface area (Å²) >= 11 is 0. The zero-order valence-corrected chi connectivity index (χ0v) is 17.7. The number of rotatable bonds is 7. The van der Waals surface area contributed by atoms with Crippen molar-refractivity contribution in [3.05, 3.63) is 82.9 Å². The zero-order valence-electron chi connectivity index (χ0n) is 17.7. The van der Waals surface area contributed by atoms with E-state index in [0.717, 1.165) is 24.0 Å². The first kappa shape index (κ1) is 20.6. The summed E-state index contributed by atoms with van der Waals surface area (Å²) in [6.45, 7) is 7.44. The molecule has 1 aromatic heterocycles. The molecule has 3 aromatic rings. The van der Waals surface area contributed by atoms with E-state index in [4.69, 9.17) is 4.99 Å². The third-order valence-electron chi connectivity index (χ3n) is 5.16. The summed E-state index contributed by atoms with van der Waals surface area (Å²) in [6, 6.07) is 19.0. The van der Waals surface area contributed by atoms with Crippen molar-refractivity contribution in [3.63, 3.8) is 0 Å². The second kappa shape index (κ2) is 9.87. The van der Waals surface area contributed by atoms with Gasteiger partial charge in [0.05, 0.1) is 19.1 Å². The third kappa shape index (κ3) is 5.44. The van der Waals surface area contributed by atoms with E-state index in [0.29, 0.717) is 13.1 Å². The highest BCUT2D eigenvalue weighted by molar-refractivity contribution is 5.80. The molecule has 6 nitrogen and oxygen atoms in total. The van der Waals surface area contributed by atoms with Crippen molar-refractivity contribution in [2.45, 2.75) is 46.3 Å². The fourth-order valence-corrected chi connectivity index (χ4v) is 3.17. The van der Waals surface area contributed by atoms with Gasteiger partial charge in [-0.15, -0.1) is 10.2 Å². The number of aliphatic imine (C=N–C) groups is 1. The fourth-order valence-electron chi connectivity index (χ4n) is 3.17. The van der Waals surface area contributed by atoms with Crippen molar-refractivity contribution in [1.82, 2.24) is 25.4 Å². The summed E-state index contributed by atoms with van der Waals surface area (Å²) in [6.07, 6.45) is 1.00. The maximum Gasteiger partial charge on any atom is 0.192 e. The molecule has 1 heterocycles. The highest BCUT2D eigenvalue weighted by Crippen LogP contribution is 2.13. The minimum atomic E-state index is 0.130. The number of aromatic nitrogens is 3. The van der Waals surface area contributed by atoms with E-state index in [1.54, 1.807) is 0 Å². The van der Waals surface area contributed by atoms with Crippen LogP contribution in [0.15, 0.2) is 59.6 Å². The molecular formula is C23H30N6. The van der Waals surface area contributed by atoms with Crippen LogP contribution >= 0.6 is 0 Å². The number of aryl methyl sites for hydroxylation is 2. The minimum absolute atomic E-state index is 0.130. The lowest BCUT2D eigenvalue weighted by atomic mass is 10.1. The highest BCUT2D eigenvalue weighted by Gasteiger charge is 2.10. The molecule has 0 saturated heterocycles. The second-order valence-corrected chi connectivity index (χ2v) is 7.14. The molecule has 0 bridgehead atoms. The van der Waals surface area contributed by atoms with Gasteiger partial charge in [0.2, 0.25) is 0 Å². The van der Waals surface area contributed by atoms with Gasteiger partial charge in [0.15, 0.2) is 11.8 Å². The van der Waals surface area contributed by atoms with Gasteiger partial charge < -0.3 is 15.2 Å². The van der Waals surface area contributed by atoms with Crippen molar-refractivity contribution < 1.29 is 0 Å². The van der Waals surface area contributed by atoms with Crippen molar-refractivity contribution in [3.8, 4) is 0 Å². The Hall–Kier alpha value is -3.15. The van der Waals surface area contributed by atoms with Crippen LogP contribution in [0, 0.1) is 6.92 Å². The Kier molecular flexibility index (Phi) is 7.00. The summed E-state index contributed by atoms with van der Waals surface area (Å²) in [4.78, 5) is 4.86. The molecule has 0 saturated carbocycles. The molecule has 0 aliphatic heterocycles. The predicted octanol–water partition coefficient (Wildman–Crippen LogP) is 3.68. The molecule has 0 aliphatic rings. The van der Waals surface area contributed by atoms with Gasteiger partial charge in [0.25, 0.3) is 0 Å². The second-order valence-electron chi connectivity index (χ2n) is 7.14. The molecule has 3 rings (SSSR count). The van der Waals surface area contributed by atoms with Gasteiger partial charge in [-0.05, 0) is 37.0 Å². The van der Waals surface area contributed by atoms with Gasteiger partial charge in [-0.2, -0.15) is 0 Å². The molecule has 1 unspecified atom stereocenters. The SMILES string of the molecule is CCc1ccccc1CN=C(NCc1nnc(C)n1C)NC(C)c1ccccc1. The number of benzene rings is 2. The molecule has 0 aliphatic carbocycles. The Morgan fingerprint density at radius 1 is 1.03 bits per heavy atom. The van der Waals surface area contributed by atoms with E-state index in [1.165, 1.54) is 16.7 Å². The van der Waals surface area contributed by atoms with Crippen LogP contribution in [0.5, 0.6) is 0 Å². The van der Waals surface area contributed by atoms with Crippen molar-refractivity contribution >= 4 is 5.96 Å². The van der Waals surface area contributed by atoms with E-state index in [-0.39, 0.29) is 6.04 Å². The average molecular weight is 391 g/mol. The van der Waals surface area contributed by atoms with Gasteiger partial charge in [-0.25, -0.2) is 4.99 Å². The third-order valence-corrected chi connectivity index (χ3v) is 5.16. The van der Waals surface area contributed by atoms with E-state index >= 15 is 0 Å². The molecule has 29 heavy (non-hydrogen) atoms. The number of guanidine groups is 1. The quantitative estimate of drug-likeness (QED) is 0.477. The van der Waals surface area contributed by atoms with Crippen LogP contribution < -0.4 is 10.6 Å². The average Bonchev–Trinajstić information content (AvgIpc) is 3.08. The van der Waals surface area contributed by atoms with E-state index < -0.39 is 0 Å². The Morgan fingerprint density at radius 3 is 2.38 bits per heavy atom. The molecular weight excluding hydrogens is 360 g/mol. The number of nitrogens with zero attached hydrogens (tertiary/aromatic N) is 4. The minimum Gasteiger partial charge on any atom is -0.350 e. The lowest BCUT2D eigenvalue weighted by molar-refractivity contribution is 0.664. The molecule has 2 N–H and O–H groups in total. The van der Waals surface area contributed by atoms with Gasteiger partial charge in [0, 0.05) is 7.05 Å². The Balaban J connectivity index is 1.77. The first-order valence-electron chi connectivity index (χ1n) is 10.1.